The van der Waals surface area contributed by atoms with Gasteiger partial charge in [-0.1, -0.05) is 24.3 Å². The summed E-state index contributed by atoms with van der Waals surface area (Å²) in [6, 6.07) is 12.4. The Hall–Kier alpha value is -3.48. The van der Waals surface area contributed by atoms with Crippen LogP contribution in [0.1, 0.15) is 15.9 Å². The lowest BCUT2D eigenvalue weighted by molar-refractivity contribution is -0.116. The largest absolute Gasteiger partial charge is 0.355 e. The van der Waals surface area contributed by atoms with E-state index in [-0.39, 0.29) is 18.0 Å². The summed E-state index contributed by atoms with van der Waals surface area (Å²) in [5, 5.41) is 5.64. The van der Waals surface area contributed by atoms with E-state index in [9.17, 15) is 18.8 Å². The fraction of sp³-hybridized carbons (Fsp3) is 0.150. The van der Waals surface area contributed by atoms with Crippen LogP contribution >= 0.6 is 0 Å². The number of carbonyl (C=O) groups excluding carboxylic acids is 2. The lowest BCUT2D eigenvalue weighted by Gasteiger charge is -2.13. The molecule has 138 valence electrons. The minimum atomic E-state index is -0.475. The van der Waals surface area contributed by atoms with Gasteiger partial charge in [-0.05, 0) is 30.7 Å². The molecule has 0 atom stereocenters. The van der Waals surface area contributed by atoms with E-state index < -0.39 is 17.3 Å². The molecule has 0 aliphatic heterocycles. The molecule has 2 amide bonds. The van der Waals surface area contributed by atoms with Gasteiger partial charge in [-0.15, -0.1) is 0 Å². The van der Waals surface area contributed by atoms with Gasteiger partial charge in [0.1, 0.15) is 12.4 Å². The maximum absolute atomic E-state index is 13.6. The number of hydrogen-bond donors (Lipinski definition) is 2. The number of para-hydroxylation sites is 1. The lowest BCUT2D eigenvalue weighted by Crippen LogP contribution is -2.30. The first-order valence-electron chi connectivity index (χ1n) is 8.31. The smallest absolute Gasteiger partial charge is 0.252 e. The predicted molar refractivity (Wildman–Crippen MR) is 101 cm³/mol. The Bertz CT molecular complexity index is 1110. The number of nitrogens with zero attached hydrogens (tertiary/aromatic N) is 1. The standard InChI is InChI=1S/C20H18FN3O3/c1-12-7-8-13(9-16(12)21)23-18(25)11-24-17-6-4-3-5-14(17)15(10-19(24)26)20(27)22-2/h3-10H,11H2,1-2H3,(H,22,27)(H,23,25). The lowest BCUT2D eigenvalue weighted by atomic mass is 10.1. The van der Waals surface area contributed by atoms with Gasteiger partial charge in [-0.25, -0.2) is 4.39 Å². The normalized spacial score (nSPS) is 10.6. The first kappa shape index (κ1) is 18.3. The Labute approximate surface area is 154 Å². The Kier molecular flexibility index (Phi) is 5.03. The zero-order chi connectivity index (χ0) is 19.6. The number of pyridine rings is 1. The van der Waals surface area contributed by atoms with E-state index in [1.807, 2.05) is 0 Å². The minimum absolute atomic E-state index is 0.246. The monoisotopic (exact) mass is 367 g/mol. The molecule has 3 aromatic rings. The van der Waals surface area contributed by atoms with E-state index in [0.29, 0.717) is 22.2 Å². The molecule has 0 radical (unpaired) electrons. The van der Waals surface area contributed by atoms with Gasteiger partial charge in [0.2, 0.25) is 5.91 Å². The van der Waals surface area contributed by atoms with Crippen LogP contribution in [0.2, 0.25) is 0 Å². The number of carbonyl (C=O) groups is 2. The van der Waals surface area contributed by atoms with E-state index in [1.54, 1.807) is 43.3 Å². The van der Waals surface area contributed by atoms with Gasteiger partial charge in [-0.2, -0.15) is 0 Å². The molecule has 27 heavy (non-hydrogen) atoms. The Morgan fingerprint density at radius 2 is 1.85 bits per heavy atom. The van der Waals surface area contributed by atoms with Gasteiger partial charge in [0.25, 0.3) is 11.5 Å². The van der Waals surface area contributed by atoms with Crippen LogP contribution in [0.5, 0.6) is 0 Å². The molecule has 7 heteroatoms. The summed E-state index contributed by atoms with van der Waals surface area (Å²) in [4.78, 5) is 36.9. The number of amides is 2. The zero-order valence-electron chi connectivity index (χ0n) is 14.9. The molecule has 1 aromatic heterocycles. The number of anilines is 1. The van der Waals surface area contributed by atoms with Crippen LogP contribution in [0, 0.1) is 12.7 Å². The van der Waals surface area contributed by atoms with Crippen LogP contribution in [-0.2, 0) is 11.3 Å². The molecule has 1 heterocycles. The van der Waals surface area contributed by atoms with Crippen molar-refractivity contribution in [2.45, 2.75) is 13.5 Å². The molecule has 0 saturated carbocycles. The SMILES string of the molecule is CNC(=O)c1cc(=O)n(CC(=O)Nc2ccc(C)c(F)c2)c2ccccc12. The molecule has 3 rings (SSSR count). The van der Waals surface area contributed by atoms with E-state index >= 15 is 0 Å². The topological polar surface area (TPSA) is 80.2 Å². The van der Waals surface area contributed by atoms with Crippen LogP contribution in [0.25, 0.3) is 10.9 Å². The van der Waals surface area contributed by atoms with Crippen LogP contribution in [0.15, 0.2) is 53.3 Å². The summed E-state index contributed by atoms with van der Waals surface area (Å²) in [5.41, 5.74) is 1.02. The molecule has 0 unspecified atom stereocenters. The van der Waals surface area contributed by atoms with Gasteiger partial charge in [0, 0.05) is 24.2 Å². The third-order valence-electron chi connectivity index (χ3n) is 4.25. The second kappa shape index (κ2) is 7.41. The average Bonchev–Trinajstić information content (AvgIpc) is 2.66. The van der Waals surface area contributed by atoms with Crippen molar-refractivity contribution in [2.24, 2.45) is 0 Å². The Morgan fingerprint density at radius 3 is 2.56 bits per heavy atom. The van der Waals surface area contributed by atoms with Gasteiger partial charge < -0.3 is 10.6 Å². The average molecular weight is 367 g/mol. The molecule has 2 N–H and O–H groups in total. The molecule has 0 spiro atoms. The highest BCUT2D eigenvalue weighted by atomic mass is 19.1. The van der Waals surface area contributed by atoms with Crippen molar-refractivity contribution in [1.29, 1.82) is 0 Å². The van der Waals surface area contributed by atoms with E-state index in [4.69, 9.17) is 0 Å². The molecule has 0 saturated heterocycles. The Balaban J connectivity index is 1.96. The van der Waals surface area contributed by atoms with Crippen LogP contribution < -0.4 is 16.2 Å². The predicted octanol–water partition coefficient (Wildman–Crippen LogP) is 2.45. The van der Waals surface area contributed by atoms with E-state index in [0.717, 1.165) is 0 Å². The minimum Gasteiger partial charge on any atom is -0.355 e. The number of benzene rings is 2. The summed E-state index contributed by atoms with van der Waals surface area (Å²) in [5.74, 6) is -1.28. The summed E-state index contributed by atoms with van der Waals surface area (Å²) < 4.78 is 14.9. The second-order valence-electron chi connectivity index (χ2n) is 6.09. The fourth-order valence-electron chi connectivity index (χ4n) is 2.83. The quantitative estimate of drug-likeness (QED) is 0.743. The second-order valence-corrected chi connectivity index (χ2v) is 6.09. The number of aryl methyl sites for hydroxylation is 1. The molecule has 0 bridgehead atoms. The number of nitrogens with one attached hydrogen (secondary N) is 2. The van der Waals surface area contributed by atoms with Crippen molar-refractivity contribution in [3.8, 4) is 0 Å². The Morgan fingerprint density at radius 1 is 1.11 bits per heavy atom. The number of fused-ring (bicyclic) bond motifs is 1. The molecule has 6 nitrogen and oxygen atoms in total. The van der Waals surface area contributed by atoms with Crippen LogP contribution in [-0.4, -0.2) is 23.4 Å². The summed E-state index contributed by atoms with van der Waals surface area (Å²) in [6.07, 6.45) is 0. The first-order chi connectivity index (χ1) is 12.9. The van der Waals surface area contributed by atoms with Gasteiger partial charge in [-0.3, -0.25) is 19.0 Å². The molecular formula is C20H18FN3O3. The van der Waals surface area contributed by atoms with Gasteiger partial charge in [0.15, 0.2) is 0 Å². The molecule has 0 fully saturated rings. The highest BCUT2D eigenvalue weighted by molar-refractivity contribution is 6.06. The summed E-state index contributed by atoms with van der Waals surface area (Å²) in [7, 11) is 1.48. The summed E-state index contributed by atoms with van der Waals surface area (Å²) in [6.45, 7) is 1.36. The molecule has 0 aliphatic rings. The molecular weight excluding hydrogens is 349 g/mol. The van der Waals surface area contributed by atoms with Crippen LogP contribution in [0.3, 0.4) is 0 Å². The van der Waals surface area contributed by atoms with Crippen LogP contribution in [0.4, 0.5) is 10.1 Å². The van der Waals surface area contributed by atoms with E-state index in [2.05, 4.69) is 10.6 Å². The fourth-order valence-corrected chi connectivity index (χ4v) is 2.83. The number of halogens is 1. The first-order valence-corrected chi connectivity index (χ1v) is 8.31. The molecule has 2 aromatic carbocycles. The molecule has 0 aliphatic carbocycles. The number of hydrogen-bond acceptors (Lipinski definition) is 3. The van der Waals surface area contributed by atoms with Crippen molar-refractivity contribution >= 4 is 28.4 Å². The van der Waals surface area contributed by atoms with Crippen molar-refractivity contribution in [3.05, 3.63) is 75.8 Å². The van der Waals surface area contributed by atoms with Gasteiger partial charge >= 0.3 is 0 Å². The summed E-state index contributed by atoms with van der Waals surface area (Å²) >= 11 is 0. The third kappa shape index (κ3) is 3.72. The third-order valence-corrected chi connectivity index (χ3v) is 4.25. The van der Waals surface area contributed by atoms with Gasteiger partial charge in [0.05, 0.1) is 11.1 Å². The van der Waals surface area contributed by atoms with Crippen molar-refractivity contribution in [1.82, 2.24) is 9.88 Å². The maximum atomic E-state index is 13.6. The maximum Gasteiger partial charge on any atom is 0.252 e. The number of rotatable bonds is 4. The van der Waals surface area contributed by atoms with Crippen molar-refractivity contribution in [3.63, 3.8) is 0 Å². The number of aromatic nitrogens is 1. The van der Waals surface area contributed by atoms with E-state index in [1.165, 1.54) is 23.7 Å². The van der Waals surface area contributed by atoms with Crippen molar-refractivity contribution < 1.29 is 14.0 Å². The highest BCUT2D eigenvalue weighted by Crippen LogP contribution is 2.18. The zero-order valence-corrected chi connectivity index (χ0v) is 14.9. The highest BCUT2D eigenvalue weighted by Gasteiger charge is 2.15. The van der Waals surface area contributed by atoms with Crippen molar-refractivity contribution in [2.75, 3.05) is 12.4 Å².